The van der Waals surface area contributed by atoms with Crippen molar-refractivity contribution in [2.45, 2.75) is 20.0 Å². The molecule has 2 heterocycles. The van der Waals surface area contributed by atoms with Crippen LogP contribution in [0.5, 0.6) is 0 Å². The van der Waals surface area contributed by atoms with Crippen molar-refractivity contribution in [1.82, 2.24) is 25.1 Å². The van der Waals surface area contributed by atoms with Gasteiger partial charge in [-0.05, 0) is 19.2 Å². The van der Waals surface area contributed by atoms with E-state index in [4.69, 9.17) is 4.42 Å². The second kappa shape index (κ2) is 4.81. The molecule has 19 heavy (non-hydrogen) atoms. The summed E-state index contributed by atoms with van der Waals surface area (Å²) in [6.07, 6.45) is 0. The Bertz CT molecular complexity index is 654. The number of fused-ring (bicyclic) bond motifs is 1. The van der Waals surface area contributed by atoms with E-state index in [9.17, 15) is 0 Å². The number of rotatable bonds is 4. The summed E-state index contributed by atoms with van der Waals surface area (Å²) < 4.78 is 5.36. The van der Waals surface area contributed by atoms with Crippen LogP contribution < -0.4 is 0 Å². The van der Waals surface area contributed by atoms with Gasteiger partial charge in [-0.15, -0.1) is 10.2 Å². The van der Waals surface area contributed by atoms with Gasteiger partial charge < -0.3 is 9.40 Å². The molecule has 3 rings (SSSR count). The minimum atomic E-state index is 0.590. The topological polar surface area (TPSA) is 70.8 Å². The maximum absolute atomic E-state index is 5.36. The Morgan fingerprint density at radius 2 is 2.05 bits per heavy atom. The monoisotopic (exact) mass is 257 g/mol. The van der Waals surface area contributed by atoms with Crippen LogP contribution in [0, 0.1) is 6.92 Å². The summed E-state index contributed by atoms with van der Waals surface area (Å²) in [7, 11) is 1.99. The molecule has 2 aromatic heterocycles. The smallest absolute Gasteiger partial charge is 0.230 e. The van der Waals surface area contributed by atoms with Crippen LogP contribution in [0.1, 0.15) is 17.6 Å². The van der Waals surface area contributed by atoms with E-state index >= 15 is 0 Å². The number of H-pyrrole nitrogens is 1. The van der Waals surface area contributed by atoms with Crippen molar-refractivity contribution in [3.63, 3.8) is 0 Å². The zero-order chi connectivity index (χ0) is 13.2. The van der Waals surface area contributed by atoms with E-state index in [-0.39, 0.29) is 0 Å². The molecule has 98 valence electrons. The van der Waals surface area contributed by atoms with Crippen LogP contribution in [-0.2, 0) is 13.1 Å². The van der Waals surface area contributed by atoms with E-state index in [2.05, 4.69) is 25.1 Å². The fourth-order valence-corrected chi connectivity index (χ4v) is 2.02. The first-order valence-electron chi connectivity index (χ1n) is 6.12. The lowest BCUT2D eigenvalue weighted by Crippen LogP contribution is -2.18. The highest BCUT2D eigenvalue weighted by Gasteiger charge is 2.09. The number of para-hydroxylation sites is 2. The second-order valence-corrected chi connectivity index (χ2v) is 4.59. The highest BCUT2D eigenvalue weighted by molar-refractivity contribution is 5.74. The number of hydrogen-bond acceptors (Lipinski definition) is 5. The van der Waals surface area contributed by atoms with Gasteiger partial charge in [0.15, 0.2) is 0 Å². The Morgan fingerprint density at radius 1 is 1.21 bits per heavy atom. The predicted octanol–water partition coefficient (Wildman–Crippen LogP) is 1.89. The lowest BCUT2D eigenvalue weighted by atomic mass is 10.3. The van der Waals surface area contributed by atoms with Gasteiger partial charge in [-0.3, -0.25) is 4.90 Å². The maximum Gasteiger partial charge on any atom is 0.230 e. The molecule has 0 unspecified atom stereocenters. The maximum atomic E-state index is 5.36. The molecule has 0 bridgehead atoms. The summed E-state index contributed by atoms with van der Waals surface area (Å²) in [4.78, 5) is 9.91. The molecule has 0 amide bonds. The number of benzene rings is 1. The number of imidazole rings is 1. The second-order valence-electron chi connectivity index (χ2n) is 4.59. The average Bonchev–Trinajstić information content (AvgIpc) is 2.94. The number of nitrogens with one attached hydrogen (secondary N) is 1. The molecular formula is C13H15N5O. The van der Waals surface area contributed by atoms with Gasteiger partial charge in [-0.1, -0.05) is 12.1 Å². The molecule has 0 spiro atoms. The quantitative estimate of drug-likeness (QED) is 0.772. The van der Waals surface area contributed by atoms with Crippen molar-refractivity contribution < 1.29 is 4.42 Å². The molecular weight excluding hydrogens is 242 g/mol. The summed E-state index contributed by atoms with van der Waals surface area (Å²) in [5, 5.41) is 7.80. The van der Waals surface area contributed by atoms with Gasteiger partial charge in [0.1, 0.15) is 5.82 Å². The first-order chi connectivity index (χ1) is 9.20. The molecule has 0 atom stereocenters. The largest absolute Gasteiger partial charge is 0.424 e. The molecule has 1 N–H and O–H groups in total. The van der Waals surface area contributed by atoms with E-state index in [0.717, 1.165) is 16.9 Å². The van der Waals surface area contributed by atoms with Crippen LogP contribution in [0.3, 0.4) is 0 Å². The minimum Gasteiger partial charge on any atom is -0.424 e. The van der Waals surface area contributed by atoms with Crippen LogP contribution in [0.2, 0.25) is 0 Å². The third-order valence-electron chi connectivity index (χ3n) is 2.83. The summed E-state index contributed by atoms with van der Waals surface area (Å²) in [5.41, 5.74) is 2.04. The van der Waals surface area contributed by atoms with Gasteiger partial charge in [0.25, 0.3) is 0 Å². The Balaban J connectivity index is 1.70. The first kappa shape index (κ1) is 11.9. The zero-order valence-electron chi connectivity index (χ0n) is 10.9. The van der Waals surface area contributed by atoms with E-state index in [1.54, 1.807) is 6.92 Å². The molecule has 0 aliphatic carbocycles. The fourth-order valence-electron chi connectivity index (χ4n) is 2.02. The van der Waals surface area contributed by atoms with Gasteiger partial charge in [0, 0.05) is 6.92 Å². The Hall–Kier alpha value is -2.21. The summed E-state index contributed by atoms with van der Waals surface area (Å²) in [5.74, 6) is 2.14. The number of hydrogen-bond donors (Lipinski definition) is 1. The van der Waals surface area contributed by atoms with E-state index in [1.165, 1.54) is 0 Å². The lowest BCUT2D eigenvalue weighted by Gasteiger charge is -2.11. The number of nitrogens with zero attached hydrogens (tertiary/aromatic N) is 4. The van der Waals surface area contributed by atoms with E-state index in [0.29, 0.717) is 24.9 Å². The summed E-state index contributed by atoms with van der Waals surface area (Å²) in [6.45, 7) is 3.10. The van der Waals surface area contributed by atoms with Gasteiger partial charge >= 0.3 is 0 Å². The third kappa shape index (κ3) is 2.63. The molecule has 3 aromatic rings. The molecule has 0 saturated carbocycles. The Labute approximate surface area is 110 Å². The highest BCUT2D eigenvalue weighted by Crippen LogP contribution is 2.12. The van der Waals surface area contributed by atoms with Gasteiger partial charge in [-0.2, -0.15) is 0 Å². The SMILES string of the molecule is Cc1nnc(CN(C)Cc2nc3ccccc3[nH]2)o1. The van der Waals surface area contributed by atoms with Gasteiger partial charge in [0.05, 0.1) is 24.1 Å². The molecule has 6 nitrogen and oxygen atoms in total. The number of aromatic amines is 1. The van der Waals surface area contributed by atoms with E-state index < -0.39 is 0 Å². The molecule has 1 aromatic carbocycles. The minimum absolute atomic E-state index is 0.590. The Kier molecular flexibility index (Phi) is 3.00. The van der Waals surface area contributed by atoms with Crippen molar-refractivity contribution in [3.05, 3.63) is 41.9 Å². The molecule has 0 aliphatic rings. The van der Waals surface area contributed by atoms with Crippen molar-refractivity contribution in [1.29, 1.82) is 0 Å². The first-order valence-corrected chi connectivity index (χ1v) is 6.12. The molecule has 0 fully saturated rings. The average molecular weight is 257 g/mol. The fraction of sp³-hybridized carbons (Fsp3) is 0.308. The Morgan fingerprint density at radius 3 is 2.79 bits per heavy atom. The standard InChI is InChI=1S/C13H15N5O/c1-9-16-17-13(19-9)8-18(2)7-12-14-10-5-3-4-6-11(10)15-12/h3-6H,7-8H2,1-2H3,(H,14,15). The van der Waals surface area contributed by atoms with Crippen LogP contribution in [0.25, 0.3) is 11.0 Å². The van der Waals surface area contributed by atoms with Crippen LogP contribution in [-0.4, -0.2) is 32.1 Å². The highest BCUT2D eigenvalue weighted by atomic mass is 16.4. The van der Waals surface area contributed by atoms with Crippen molar-refractivity contribution in [3.8, 4) is 0 Å². The molecule has 0 radical (unpaired) electrons. The van der Waals surface area contributed by atoms with Crippen LogP contribution in [0.15, 0.2) is 28.7 Å². The molecule has 0 saturated heterocycles. The number of aromatic nitrogens is 4. The molecule has 6 heteroatoms. The number of aryl methyl sites for hydroxylation is 1. The van der Waals surface area contributed by atoms with Gasteiger partial charge in [-0.25, -0.2) is 4.98 Å². The summed E-state index contributed by atoms with van der Waals surface area (Å²) >= 11 is 0. The van der Waals surface area contributed by atoms with Crippen molar-refractivity contribution in [2.75, 3.05) is 7.05 Å². The predicted molar refractivity (Wildman–Crippen MR) is 70.3 cm³/mol. The molecule has 0 aliphatic heterocycles. The lowest BCUT2D eigenvalue weighted by molar-refractivity contribution is 0.274. The third-order valence-corrected chi connectivity index (χ3v) is 2.83. The van der Waals surface area contributed by atoms with Crippen LogP contribution >= 0.6 is 0 Å². The normalized spacial score (nSPS) is 11.5. The van der Waals surface area contributed by atoms with Gasteiger partial charge in [0.2, 0.25) is 11.8 Å². The van der Waals surface area contributed by atoms with Crippen LogP contribution in [0.4, 0.5) is 0 Å². The zero-order valence-corrected chi connectivity index (χ0v) is 10.9. The summed E-state index contributed by atoms with van der Waals surface area (Å²) in [6, 6.07) is 8.00. The van der Waals surface area contributed by atoms with E-state index in [1.807, 2.05) is 31.3 Å². The van der Waals surface area contributed by atoms with Crippen molar-refractivity contribution in [2.24, 2.45) is 0 Å². The van der Waals surface area contributed by atoms with Crippen molar-refractivity contribution >= 4 is 11.0 Å².